The van der Waals surface area contributed by atoms with Crippen LogP contribution in [-0.4, -0.2) is 222 Å². The quantitative estimate of drug-likeness (QED) is 0.0286. The van der Waals surface area contributed by atoms with Gasteiger partial charge in [-0.1, -0.05) is 131 Å². The number of carbonyl (C=O) groups is 14. The predicted molar refractivity (Wildman–Crippen MR) is 435 cm³/mol. The third kappa shape index (κ3) is 34.4. The van der Waals surface area contributed by atoms with Crippen LogP contribution in [0.15, 0.2) is 54.6 Å². The number of aliphatic hydroxyl groups excluding tert-OH is 1. The van der Waals surface area contributed by atoms with Crippen molar-refractivity contribution in [2.24, 2.45) is 58.8 Å². The number of benzene rings is 2. The second-order valence-electron chi connectivity index (χ2n) is 31.5. The number of thioether (sulfide) groups is 1. The van der Waals surface area contributed by atoms with Crippen molar-refractivity contribution in [2.45, 2.75) is 259 Å². The minimum absolute atomic E-state index is 0.0307. The minimum atomic E-state index is -1.20. The van der Waals surface area contributed by atoms with Crippen LogP contribution in [0.5, 0.6) is 0 Å². The number of ether oxygens (including phenoxy) is 4. The zero-order valence-electron chi connectivity index (χ0n) is 70.0. The molecule has 1 aliphatic heterocycles. The van der Waals surface area contributed by atoms with Gasteiger partial charge in [0.25, 0.3) is 0 Å². The average Bonchev–Trinajstić information content (AvgIpc) is 1.52. The molecule has 0 aromatic heterocycles. The number of aliphatic carboxylic acids is 1. The normalized spacial score (nSPS) is 16.3. The van der Waals surface area contributed by atoms with Gasteiger partial charge in [-0.2, -0.15) is 0 Å². The number of methoxy groups -OCH3 is 2. The van der Waals surface area contributed by atoms with Crippen LogP contribution < -0.4 is 32.7 Å². The molecular weight excluding hydrogens is 1490 g/mol. The van der Waals surface area contributed by atoms with Crippen LogP contribution in [0.3, 0.4) is 0 Å². The number of amides is 8. The monoisotopic (exact) mass is 1620 g/mol. The highest BCUT2D eigenvalue weighted by Crippen LogP contribution is 2.34. The maximum Gasteiger partial charge on any atom is 0.410 e. The minimum Gasteiger partial charge on any atom is -0.481 e. The van der Waals surface area contributed by atoms with Gasteiger partial charge in [-0.05, 0) is 105 Å². The fourth-order valence-electron chi connectivity index (χ4n) is 14.6. The third-order valence-electron chi connectivity index (χ3n) is 21.6. The zero-order valence-corrected chi connectivity index (χ0v) is 70.9. The SMILES string of the molecule is CC[C@H](C)[C@@H]([C@@H](CC(=O)N1CCC[C@H]1[C@H](OC)[C@@H](C)C(=O)C[C@H](C)[C@@H](O)c1ccccc1)OC)N(C)C(=O)[C@@H](CC(=O)[C@H](C(C)C)N(C)C(=O)OCc1ccc(NC(=O)[C@H](CCCNC(N)=O)CC(=O)[C@@H](NC(=O)CCCCCCC(=O)C(CC(=O)O)SCC(NC(=O)CCOCCCC(=O)CN)C(C)=O)C(C)C)cc1)C(C)C. The Morgan fingerprint density at radius 3 is 1.90 bits per heavy atom. The Morgan fingerprint density at radius 1 is 0.675 bits per heavy atom. The number of hydrogen-bond acceptors (Lipinski definition) is 21. The number of nitrogens with zero attached hydrogens (tertiary/aromatic N) is 3. The van der Waals surface area contributed by atoms with E-state index in [1.807, 2.05) is 71.9 Å². The Balaban J connectivity index is 1.61. The summed E-state index contributed by atoms with van der Waals surface area (Å²) in [6, 6.07) is 11.0. The number of likely N-dealkylation sites (N-methyl/N-ethyl adjacent to an activating group) is 2. The van der Waals surface area contributed by atoms with E-state index in [-0.39, 0.29) is 167 Å². The fraction of sp³-hybridized carbons (Fsp3) is 0.690. The van der Waals surface area contributed by atoms with Crippen LogP contribution in [0.1, 0.15) is 215 Å². The van der Waals surface area contributed by atoms with Gasteiger partial charge in [0.15, 0.2) is 17.3 Å². The van der Waals surface area contributed by atoms with Gasteiger partial charge in [-0.25, -0.2) is 9.59 Å². The maximum atomic E-state index is 14.9. The molecule has 1 fully saturated rings. The van der Waals surface area contributed by atoms with Gasteiger partial charge < -0.3 is 76.6 Å². The van der Waals surface area contributed by atoms with E-state index >= 15 is 0 Å². The van der Waals surface area contributed by atoms with Crippen molar-refractivity contribution in [3.05, 3.63) is 65.7 Å². The van der Waals surface area contributed by atoms with Crippen molar-refractivity contribution in [3.8, 4) is 0 Å². The number of carbonyl (C=O) groups excluding carboxylic acids is 13. The molecule has 640 valence electrons. The van der Waals surface area contributed by atoms with Crippen LogP contribution in [0, 0.1) is 47.3 Å². The molecule has 0 bridgehead atoms. The Labute approximate surface area is 678 Å². The van der Waals surface area contributed by atoms with Gasteiger partial charge in [0.2, 0.25) is 29.5 Å². The number of urea groups is 1. The van der Waals surface area contributed by atoms with Gasteiger partial charge in [-0.15, -0.1) is 11.8 Å². The lowest BCUT2D eigenvalue weighted by Crippen LogP contribution is -2.54. The highest BCUT2D eigenvalue weighted by molar-refractivity contribution is 8.00. The molecular formula is C84H133N9O20S. The van der Waals surface area contributed by atoms with E-state index in [4.69, 9.17) is 30.4 Å². The number of hydrogen-bond donors (Lipinski definition) is 8. The molecule has 2 aromatic carbocycles. The number of unbranched alkanes of at least 4 members (excludes halogenated alkanes) is 3. The molecule has 1 heterocycles. The van der Waals surface area contributed by atoms with E-state index in [0.717, 1.165) is 17.3 Å². The summed E-state index contributed by atoms with van der Waals surface area (Å²) in [5.74, 6) is -8.70. The zero-order chi connectivity index (χ0) is 85.5. The summed E-state index contributed by atoms with van der Waals surface area (Å²) in [7, 11) is 6.20. The average molecular weight is 1620 g/mol. The molecule has 1 aliphatic rings. The first kappa shape index (κ1) is 100. The van der Waals surface area contributed by atoms with Crippen molar-refractivity contribution in [1.29, 1.82) is 0 Å². The summed E-state index contributed by atoms with van der Waals surface area (Å²) in [6.07, 6.45) is 1.11. The number of nitrogens with two attached hydrogens (primary N) is 2. The molecule has 29 nitrogen and oxygen atoms in total. The van der Waals surface area contributed by atoms with Crippen LogP contribution >= 0.6 is 11.8 Å². The van der Waals surface area contributed by atoms with E-state index < -0.39 is 125 Å². The van der Waals surface area contributed by atoms with Crippen LogP contribution in [-0.2, 0) is 83.1 Å². The maximum absolute atomic E-state index is 14.9. The molecule has 3 rings (SSSR count). The van der Waals surface area contributed by atoms with Crippen LogP contribution in [0.4, 0.5) is 15.3 Å². The van der Waals surface area contributed by atoms with E-state index in [1.54, 1.807) is 75.9 Å². The van der Waals surface area contributed by atoms with E-state index in [1.165, 1.54) is 26.0 Å². The Kier molecular flexibility index (Phi) is 46.2. The summed E-state index contributed by atoms with van der Waals surface area (Å²) in [6.45, 7) is 20.4. The predicted octanol–water partition coefficient (Wildman–Crippen LogP) is 9.14. The number of primary amides is 1. The fourth-order valence-corrected chi connectivity index (χ4v) is 15.9. The van der Waals surface area contributed by atoms with Gasteiger partial charge in [0.1, 0.15) is 24.0 Å². The molecule has 2 unspecified atom stereocenters. The first-order valence-electron chi connectivity index (χ1n) is 40.4. The smallest absolute Gasteiger partial charge is 0.410 e. The number of carboxylic acid groups (broad SMARTS) is 1. The molecule has 30 heteroatoms. The summed E-state index contributed by atoms with van der Waals surface area (Å²) in [4.78, 5) is 191. The van der Waals surface area contributed by atoms with E-state index in [0.29, 0.717) is 69.2 Å². The number of likely N-dealkylation sites (tertiary alicyclic amines) is 1. The second-order valence-corrected chi connectivity index (χ2v) is 32.7. The van der Waals surface area contributed by atoms with Gasteiger partial charge in [0.05, 0.1) is 79.8 Å². The lowest BCUT2D eigenvalue weighted by Gasteiger charge is -2.41. The number of rotatable bonds is 58. The lowest BCUT2D eigenvalue weighted by atomic mass is 9.83. The Hall–Kier alpha value is -8.03. The topological polar surface area (TPSA) is 426 Å². The molecule has 10 N–H and O–H groups in total. The molecule has 2 aromatic rings. The van der Waals surface area contributed by atoms with Crippen molar-refractivity contribution >= 4 is 99.8 Å². The summed E-state index contributed by atoms with van der Waals surface area (Å²) in [5, 5.41) is 30.5. The largest absolute Gasteiger partial charge is 0.481 e. The van der Waals surface area contributed by atoms with E-state index in [9.17, 15) is 77.3 Å². The van der Waals surface area contributed by atoms with Gasteiger partial charge in [0, 0.05) is 122 Å². The summed E-state index contributed by atoms with van der Waals surface area (Å²) < 4.78 is 23.3. The Bertz CT molecular complexity index is 3420. The summed E-state index contributed by atoms with van der Waals surface area (Å²) in [5.41, 5.74) is 12.2. The van der Waals surface area contributed by atoms with Gasteiger partial charge >= 0.3 is 18.1 Å². The van der Waals surface area contributed by atoms with Crippen LogP contribution in [0.2, 0.25) is 0 Å². The van der Waals surface area contributed by atoms with Crippen molar-refractivity contribution in [1.82, 2.24) is 30.7 Å². The second kappa shape index (κ2) is 52.5. The number of Topliss-reactive ketones (excluding diaryl/α,β-unsaturated/α-hetero) is 6. The number of carboxylic acids is 1. The first-order chi connectivity index (χ1) is 53.9. The van der Waals surface area contributed by atoms with Gasteiger partial charge in [-0.3, -0.25) is 57.5 Å². The molecule has 0 radical (unpaired) electrons. The standard InChI is InChI=1S/C84H133N9O20S/c1-16-54(8)78(70(110-14)46-74(102)93-40-25-31-65(93)80(111-15)56(10)67(97)43-55(9)79(105)59-27-20-19-21-28-59)91(12)82(107)63(51(2)3)45-69(99)77(53(6)7)92(13)84(109)113-49-58-34-36-61(37-35-58)88-81(106)60(29-24-39-87-83(86)108)44-68(98)76(52(4)5)90-72(100)33-23-18-17-22-32-66(96)71(47-75(103)104)114-50-64(57(11)94)89-73(101)38-42-112-41-26-30-62(95)48-85/h19-21,27-28,34-37,51-56,60,63-65,70-71,76-80,105H,16-18,22-26,29-33,38-50,85H2,1-15H3,(H,88,106)(H,89,101)(H,90,100)(H,103,104)(H3,86,87,108)/t54-,55-,56-,60+,63-,64?,65-,70+,71?,76-,77-,78-,79+,80+/m0/s1. The van der Waals surface area contributed by atoms with Crippen LogP contribution in [0.25, 0.3) is 0 Å². The highest BCUT2D eigenvalue weighted by atomic mass is 32.2. The number of aliphatic hydroxyl groups is 1. The van der Waals surface area contributed by atoms with Crippen molar-refractivity contribution < 1.29 is 96.3 Å². The molecule has 0 aliphatic carbocycles. The summed E-state index contributed by atoms with van der Waals surface area (Å²) >= 11 is 0.980. The van der Waals surface area contributed by atoms with Crippen molar-refractivity contribution in [3.63, 3.8) is 0 Å². The lowest BCUT2D eigenvalue weighted by molar-refractivity contribution is -0.149. The number of anilines is 1. The highest BCUT2D eigenvalue weighted by Gasteiger charge is 2.44. The molecule has 14 atom stereocenters. The molecule has 0 saturated carbocycles. The first-order valence-corrected chi connectivity index (χ1v) is 41.5. The van der Waals surface area contributed by atoms with Crippen molar-refractivity contribution in [2.75, 3.05) is 72.2 Å². The number of ketones is 6. The molecule has 0 spiro atoms. The van der Waals surface area contributed by atoms with E-state index in [2.05, 4.69) is 21.3 Å². The molecule has 8 amide bonds. The number of nitrogens with one attached hydrogen (secondary N) is 4. The third-order valence-corrected chi connectivity index (χ3v) is 22.9. The Morgan fingerprint density at radius 2 is 1.32 bits per heavy atom. The molecule has 1 saturated heterocycles. The molecule has 114 heavy (non-hydrogen) atoms.